The Balaban J connectivity index is 1.48. The van der Waals surface area contributed by atoms with Crippen molar-refractivity contribution in [3.63, 3.8) is 0 Å². The van der Waals surface area contributed by atoms with Crippen LogP contribution in [0.3, 0.4) is 0 Å². The van der Waals surface area contributed by atoms with Crippen LogP contribution in [0.15, 0.2) is 41.1 Å². The Bertz CT molecular complexity index is 1050. The molecule has 2 N–H and O–H groups in total. The maximum Gasteiger partial charge on any atom is 0.230 e. The van der Waals surface area contributed by atoms with Crippen molar-refractivity contribution in [1.82, 2.24) is 15.0 Å². The van der Waals surface area contributed by atoms with Gasteiger partial charge >= 0.3 is 0 Å². The first-order valence-electron chi connectivity index (χ1n) is 8.36. The Morgan fingerprint density at radius 2 is 2.12 bits per heavy atom. The summed E-state index contributed by atoms with van der Waals surface area (Å²) in [5.41, 5.74) is 3.36. The molecule has 0 saturated heterocycles. The number of nitrogens with zero attached hydrogens (tertiary/aromatic N) is 2. The van der Waals surface area contributed by atoms with E-state index in [0.29, 0.717) is 5.92 Å². The van der Waals surface area contributed by atoms with E-state index >= 15 is 0 Å². The van der Waals surface area contributed by atoms with Crippen LogP contribution in [0.2, 0.25) is 0 Å². The van der Waals surface area contributed by atoms with Gasteiger partial charge in [0, 0.05) is 17.0 Å². The van der Waals surface area contributed by atoms with Crippen LogP contribution < -0.4 is 5.32 Å². The molecule has 7 heteroatoms. The Kier molecular flexibility index (Phi) is 4.57. The van der Waals surface area contributed by atoms with E-state index in [-0.39, 0.29) is 12.3 Å². The summed E-state index contributed by atoms with van der Waals surface area (Å²) in [6.45, 7) is 4.21. The number of thiazole rings is 1. The number of anilines is 1. The third-order valence-electron chi connectivity index (χ3n) is 3.93. The van der Waals surface area contributed by atoms with Gasteiger partial charge in [0.2, 0.25) is 5.91 Å². The molecule has 0 aliphatic rings. The number of carbonyl (C=O) groups excluding carboxylic acids is 1. The number of aromatic amines is 1. The van der Waals surface area contributed by atoms with Crippen molar-refractivity contribution in [3.8, 4) is 10.7 Å². The molecule has 0 fully saturated rings. The lowest BCUT2D eigenvalue weighted by Crippen LogP contribution is -2.14. The highest BCUT2D eigenvalue weighted by atomic mass is 32.1. The molecule has 5 nitrogen and oxygen atoms in total. The molecule has 0 unspecified atom stereocenters. The Morgan fingerprint density at radius 1 is 1.23 bits per heavy atom. The molecule has 0 bridgehead atoms. The summed E-state index contributed by atoms with van der Waals surface area (Å²) < 4.78 is 0. The van der Waals surface area contributed by atoms with Gasteiger partial charge in [-0.05, 0) is 29.6 Å². The summed E-state index contributed by atoms with van der Waals surface area (Å²) in [4.78, 5) is 25.8. The summed E-state index contributed by atoms with van der Waals surface area (Å²) in [6.07, 6.45) is 0.282. The third-order valence-corrected chi connectivity index (χ3v) is 6.00. The molecule has 4 aromatic rings. The fourth-order valence-corrected chi connectivity index (χ4v) is 4.16. The van der Waals surface area contributed by atoms with Gasteiger partial charge in [-0.2, -0.15) is 0 Å². The van der Waals surface area contributed by atoms with E-state index in [1.807, 2.05) is 41.1 Å². The van der Waals surface area contributed by atoms with Crippen LogP contribution in [0.4, 0.5) is 5.69 Å². The molecular weight excluding hydrogens is 364 g/mol. The molecule has 3 heterocycles. The van der Waals surface area contributed by atoms with Crippen LogP contribution >= 0.6 is 22.7 Å². The van der Waals surface area contributed by atoms with Crippen molar-refractivity contribution in [1.29, 1.82) is 0 Å². The van der Waals surface area contributed by atoms with Gasteiger partial charge in [0.05, 0.1) is 33.0 Å². The van der Waals surface area contributed by atoms with Gasteiger partial charge in [0.25, 0.3) is 0 Å². The fourth-order valence-electron chi connectivity index (χ4n) is 2.66. The van der Waals surface area contributed by atoms with Crippen LogP contribution in [0.5, 0.6) is 0 Å². The minimum atomic E-state index is -0.0667. The largest absolute Gasteiger partial charge is 0.337 e. The van der Waals surface area contributed by atoms with Crippen LogP contribution in [0.1, 0.15) is 30.5 Å². The molecule has 0 radical (unpaired) electrons. The lowest BCUT2D eigenvalue weighted by Gasteiger charge is -2.04. The molecule has 1 aromatic carbocycles. The molecule has 26 heavy (non-hydrogen) atoms. The van der Waals surface area contributed by atoms with Crippen LogP contribution in [0, 0.1) is 0 Å². The number of nitrogens with one attached hydrogen (secondary N) is 2. The maximum atomic E-state index is 12.3. The maximum absolute atomic E-state index is 12.3. The number of thiophene rings is 1. The predicted molar refractivity (Wildman–Crippen MR) is 108 cm³/mol. The van der Waals surface area contributed by atoms with Gasteiger partial charge in [0.15, 0.2) is 0 Å². The van der Waals surface area contributed by atoms with Gasteiger partial charge in [-0.25, -0.2) is 9.97 Å². The average molecular weight is 383 g/mol. The highest BCUT2D eigenvalue weighted by molar-refractivity contribution is 7.13. The van der Waals surface area contributed by atoms with Crippen molar-refractivity contribution >= 4 is 45.3 Å². The Hall–Kier alpha value is -2.51. The van der Waals surface area contributed by atoms with E-state index < -0.39 is 0 Å². The average Bonchev–Trinajstić information content (AvgIpc) is 3.34. The summed E-state index contributed by atoms with van der Waals surface area (Å²) in [6, 6.07) is 9.74. The SMILES string of the molecule is CC(C)c1nc(CC(=O)Nc2ccc3nc(-c4cccs4)[nH]c3c2)cs1. The quantitative estimate of drug-likeness (QED) is 0.507. The first-order valence-corrected chi connectivity index (χ1v) is 10.1. The van der Waals surface area contributed by atoms with Gasteiger partial charge in [0.1, 0.15) is 5.82 Å². The number of hydrogen-bond acceptors (Lipinski definition) is 5. The monoisotopic (exact) mass is 382 g/mol. The second kappa shape index (κ2) is 7.01. The molecule has 3 aromatic heterocycles. The first kappa shape index (κ1) is 16.9. The van der Waals surface area contributed by atoms with E-state index in [1.54, 1.807) is 22.7 Å². The second-order valence-corrected chi connectivity index (χ2v) is 8.19. The van der Waals surface area contributed by atoms with E-state index in [2.05, 4.69) is 34.1 Å². The highest BCUT2D eigenvalue weighted by Crippen LogP contribution is 2.26. The molecule has 0 aliphatic heterocycles. The molecule has 0 atom stereocenters. The van der Waals surface area contributed by atoms with Crippen molar-refractivity contribution < 1.29 is 4.79 Å². The van der Waals surface area contributed by atoms with Gasteiger partial charge in [-0.3, -0.25) is 4.79 Å². The molecule has 132 valence electrons. The number of imidazole rings is 1. The van der Waals surface area contributed by atoms with E-state index in [1.165, 1.54) is 0 Å². The number of benzene rings is 1. The lowest BCUT2D eigenvalue weighted by molar-refractivity contribution is -0.115. The van der Waals surface area contributed by atoms with Gasteiger partial charge in [-0.15, -0.1) is 22.7 Å². The van der Waals surface area contributed by atoms with E-state index in [0.717, 1.165) is 38.1 Å². The van der Waals surface area contributed by atoms with Crippen LogP contribution in [-0.4, -0.2) is 20.9 Å². The van der Waals surface area contributed by atoms with Gasteiger partial charge in [-0.1, -0.05) is 19.9 Å². The molecule has 0 saturated carbocycles. The highest BCUT2D eigenvalue weighted by Gasteiger charge is 2.11. The molecule has 4 rings (SSSR count). The van der Waals surface area contributed by atoms with Crippen molar-refractivity contribution in [2.24, 2.45) is 0 Å². The molecule has 1 amide bonds. The lowest BCUT2D eigenvalue weighted by atomic mass is 10.2. The summed E-state index contributed by atoms with van der Waals surface area (Å²) in [5, 5.41) is 7.99. The molecule has 0 spiro atoms. The Morgan fingerprint density at radius 3 is 2.85 bits per heavy atom. The number of carbonyl (C=O) groups is 1. The second-order valence-electron chi connectivity index (χ2n) is 6.35. The number of rotatable bonds is 5. The van der Waals surface area contributed by atoms with Crippen molar-refractivity contribution in [2.75, 3.05) is 5.32 Å². The predicted octanol–water partition coefficient (Wildman–Crippen LogP) is 5.05. The summed E-state index contributed by atoms with van der Waals surface area (Å²) in [5.74, 6) is 1.17. The number of amides is 1. The first-order chi connectivity index (χ1) is 12.6. The summed E-state index contributed by atoms with van der Waals surface area (Å²) >= 11 is 3.25. The zero-order valence-electron chi connectivity index (χ0n) is 14.4. The Labute approximate surface area is 159 Å². The normalized spacial score (nSPS) is 11.3. The third kappa shape index (κ3) is 3.54. The van der Waals surface area contributed by atoms with E-state index in [4.69, 9.17) is 0 Å². The van der Waals surface area contributed by atoms with E-state index in [9.17, 15) is 4.79 Å². The fraction of sp³-hybridized carbons (Fsp3) is 0.211. The molecular formula is C19H18N4OS2. The van der Waals surface area contributed by atoms with Crippen LogP contribution in [-0.2, 0) is 11.2 Å². The van der Waals surface area contributed by atoms with Crippen molar-refractivity contribution in [3.05, 3.63) is 51.8 Å². The number of H-pyrrole nitrogens is 1. The number of aromatic nitrogens is 3. The van der Waals surface area contributed by atoms with Crippen molar-refractivity contribution in [2.45, 2.75) is 26.2 Å². The van der Waals surface area contributed by atoms with Crippen LogP contribution in [0.25, 0.3) is 21.7 Å². The minimum absolute atomic E-state index is 0.0667. The number of fused-ring (bicyclic) bond motifs is 1. The molecule has 0 aliphatic carbocycles. The zero-order chi connectivity index (χ0) is 18.1. The van der Waals surface area contributed by atoms with Gasteiger partial charge < -0.3 is 10.3 Å². The topological polar surface area (TPSA) is 70.7 Å². The summed E-state index contributed by atoms with van der Waals surface area (Å²) in [7, 11) is 0. The number of hydrogen-bond donors (Lipinski definition) is 2. The standard InChI is InChI=1S/C19H18N4OS2/c1-11(2)19-21-13(10-26-19)9-17(24)20-12-5-6-14-15(8-12)23-18(22-14)16-4-3-7-25-16/h3-8,10-11H,9H2,1-2H3,(H,20,24)(H,22,23). The zero-order valence-corrected chi connectivity index (χ0v) is 16.1. The smallest absolute Gasteiger partial charge is 0.230 e. The minimum Gasteiger partial charge on any atom is -0.337 e.